The molecule has 0 saturated heterocycles. The van der Waals surface area contributed by atoms with Gasteiger partial charge in [0, 0.05) is 12.8 Å². The minimum atomic E-state index is -0.108. The van der Waals surface area contributed by atoms with Crippen molar-refractivity contribution < 1.29 is 9.59 Å². The van der Waals surface area contributed by atoms with Crippen molar-refractivity contribution in [3.8, 4) is 0 Å². The van der Waals surface area contributed by atoms with Gasteiger partial charge in [-0.25, -0.2) is 0 Å². The van der Waals surface area contributed by atoms with E-state index in [9.17, 15) is 9.59 Å². The van der Waals surface area contributed by atoms with Gasteiger partial charge in [-0.15, -0.1) is 0 Å². The fraction of sp³-hybridized carbons (Fsp3) is 0.739. The molecule has 6 rings (SSSR count). The van der Waals surface area contributed by atoms with E-state index in [2.05, 4.69) is 19.9 Å². The molecular formula is C23H28O2. The van der Waals surface area contributed by atoms with E-state index >= 15 is 0 Å². The molecule has 4 saturated carbocycles. The van der Waals surface area contributed by atoms with Gasteiger partial charge in [-0.1, -0.05) is 31.1 Å². The van der Waals surface area contributed by atoms with E-state index in [1.54, 1.807) is 5.57 Å². The lowest BCUT2D eigenvalue weighted by Crippen LogP contribution is -2.52. The second-order valence-corrected chi connectivity index (χ2v) is 10.4. The van der Waals surface area contributed by atoms with Crippen molar-refractivity contribution in [2.24, 2.45) is 39.9 Å². The number of carbonyl (C=O) groups excluding carboxylic acids is 2. The van der Waals surface area contributed by atoms with Crippen LogP contribution in [-0.2, 0) is 9.59 Å². The maximum Gasteiger partial charge on any atom is 0.155 e. The number of Topliss-reactive ketones (excluding diaryl/α,β-unsaturated/α-hetero) is 1. The Labute approximate surface area is 150 Å². The Hall–Kier alpha value is -1.18. The molecule has 132 valence electrons. The molecular weight excluding hydrogens is 308 g/mol. The monoisotopic (exact) mass is 336 g/mol. The predicted octanol–water partition coefficient (Wildman–Crippen LogP) is 4.64. The standard InChI is InChI=1S/C23H28O2/c1-21-7-4-17-20-15-12-14(15)18-11-13(24)3-9-22(18,2)16(20)5-10-23(17,21)19(25)6-8-21/h4,11,14-16,20H,3,5-10,12H2,1-2H3/t14?,15?,16?,20?,21-,22?,23+/m0/s1. The van der Waals surface area contributed by atoms with Crippen LogP contribution in [0.15, 0.2) is 23.3 Å². The highest BCUT2D eigenvalue weighted by Crippen LogP contribution is 2.76. The number of rotatable bonds is 0. The molecule has 0 N–H and O–H groups in total. The summed E-state index contributed by atoms with van der Waals surface area (Å²) in [5, 5.41) is 0. The minimum Gasteiger partial charge on any atom is -0.299 e. The van der Waals surface area contributed by atoms with Gasteiger partial charge in [-0.2, -0.15) is 0 Å². The summed E-state index contributed by atoms with van der Waals surface area (Å²) >= 11 is 0. The fourth-order valence-electron chi connectivity index (χ4n) is 8.30. The van der Waals surface area contributed by atoms with Crippen LogP contribution in [0.5, 0.6) is 0 Å². The van der Waals surface area contributed by atoms with Crippen molar-refractivity contribution in [3.63, 3.8) is 0 Å². The normalized spacial score (nSPS) is 55.4. The molecule has 0 aromatic heterocycles. The lowest BCUT2D eigenvalue weighted by molar-refractivity contribution is -0.130. The number of carbonyl (C=O) groups is 2. The molecule has 0 aromatic carbocycles. The van der Waals surface area contributed by atoms with Crippen molar-refractivity contribution in [2.75, 3.05) is 0 Å². The van der Waals surface area contributed by atoms with Crippen LogP contribution in [0.3, 0.4) is 0 Å². The Bertz CT molecular complexity index is 788. The average Bonchev–Trinajstić information content (AvgIpc) is 3.27. The second-order valence-electron chi connectivity index (χ2n) is 10.4. The summed E-state index contributed by atoms with van der Waals surface area (Å²) < 4.78 is 0. The molecule has 6 aliphatic carbocycles. The van der Waals surface area contributed by atoms with E-state index in [1.165, 1.54) is 18.4 Å². The number of hydrogen-bond donors (Lipinski definition) is 0. The van der Waals surface area contributed by atoms with Gasteiger partial charge in [0.1, 0.15) is 5.78 Å². The number of allylic oxidation sites excluding steroid dienone is 4. The van der Waals surface area contributed by atoms with E-state index < -0.39 is 0 Å². The van der Waals surface area contributed by atoms with Gasteiger partial charge in [0.15, 0.2) is 5.78 Å². The van der Waals surface area contributed by atoms with E-state index in [0.29, 0.717) is 29.3 Å². The molecule has 2 nitrogen and oxygen atoms in total. The van der Waals surface area contributed by atoms with Crippen LogP contribution in [0.4, 0.5) is 0 Å². The summed E-state index contributed by atoms with van der Waals surface area (Å²) in [4.78, 5) is 25.2. The van der Waals surface area contributed by atoms with E-state index in [4.69, 9.17) is 0 Å². The molecule has 6 aliphatic rings. The largest absolute Gasteiger partial charge is 0.299 e. The first-order valence-corrected chi connectivity index (χ1v) is 10.4. The molecule has 2 heteroatoms. The SMILES string of the molecule is CC12CCC(=O)C=C1C1CC1C1C3=CC[C@@]4(C)CCC(=O)[C@@]34CCC12. The third-order valence-electron chi connectivity index (χ3n) is 9.68. The van der Waals surface area contributed by atoms with Crippen molar-refractivity contribution in [1.29, 1.82) is 0 Å². The van der Waals surface area contributed by atoms with Crippen LogP contribution in [0, 0.1) is 39.9 Å². The summed E-state index contributed by atoms with van der Waals surface area (Å²) in [7, 11) is 0. The Morgan fingerprint density at radius 1 is 1.04 bits per heavy atom. The van der Waals surface area contributed by atoms with Crippen molar-refractivity contribution in [3.05, 3.63) is 23.3 Å². The van der Waals surface area contributed by atoms with Gasteiger partial charge in [0.05, 0.1) is 5.41 Å². The van der Waals surface area contributed by atoms with Gasteiger partial charge in [0.2, 0.25) is 0 Å². The summed E-state index contributed by atoms with van der Waals surface area (Å²) in [5.74, 6) is 3.53. The van der Waals surface area contributed by atoms with Crippen LogP contribution in [-0.4, -0.2) is 11.6 Å². The quantitative estimate of drug-likeness (QED) is 0.604. The lowest BCUT2D eigenvalue weighted by Gasteiger charge is -2.56. The lowest BCUT2D eigenvalue weighted by atomic mass is 9.46. The number of hydrogen-bond acceptors (Lipinski definition) is 2. The molecule has 25 heavy (non-hydrogen) atoms. The number of ketones is 2. The van der Waals surface area contributed by atoms with Crippen molar-refractivity contribution >= 4 is 11.6 Å². The van der Waals surface area contributed by atoms with Crippen molar-refractivity contribution in [1.82, 2.24) is 0 Å². The zero-order valence-electron chi connectivity index (χ0n) is 15.4. The fourth-order valence-corrected chi connectivity index (χ4v) is 8.30. The molecule has 0 radical (unpaired) electrons. The molecule has 0 amide bonds. The first-order valence-electron chi connectivity index (χ1n) is 10.4. The Kier molecular flexibility index (Phi) is 2.51. The smallest absolute Gasteiger partial charge is 0.155 e. The Balaban J connectivity index is 1.49. The molecule has 7 atom stereocenters. The average molecular weight is 336 g/mol. The van der Waals surface area contributed by atoms with Gasteiger partial charge in [0.25, 0.3) is 0 Å². The number of fused-ring (bicyclic) bond motifs is 7. The van der Waals surface area contributed by atoms with Crippen molar-refractivity contribution in [2.45, 2.75) is 65.2 Å². The van der Waals surface area contributed by atoms with Crippen LogP contribution in [0.1, 0.15) is 65.2 Å². The van der Waals surface area contributed by atoms with Gasteiger partial charge >= 0.3 is 0 Å². The maximum atomic E-state index is 13.1. The molecule has 0 aliphatic heterocycles. The highest BCUT2D eigenvalue weighted by Gasteiger charge is 2.71. The van der Waals surface area contributed by atoms with Gasteiger partial charge in [-0.3, -0.25) is 9.59 Å². The van der Waals surface area contributed by atoms with E-state index in [1.807, 2.05) is 6.08 Å². The summed E-state index contributed by atoms with van der Waals surface area (Å²) in [6.07, 6.45) is 12.8. The molecule has 5 unspecified atom stereocenters. The van der Waals surface area contributed by atoms with Crippen LogP contribution in [0.2, 0.25) is 0 Å². The molecule has 4 fully saturated rings. The third kappa shape index (κ3) is 1.48. The topological polar surface area (TPSA) is 34.1 Å². The molecule has 0 aromatic rings. The first-order chi connectivity index (χ1) is 11.9. The van der Waals surface area contributed by atoms with Crippen LogP contribution in [0.25, 0.3) is 0 Å². The highest BCUT2D eigenvalue weighted by molar-refractivity contribution is 5.93. The van der Waals surface area contributed by atoms with Gasteiger partial charge < -0.3 is 0 Å². The maximum absolute atomic E-state index is 13.1. The summed E-state index contributed by atoms with van der Waals surface area (Å²) in [6.45, 7) is 4.84. The van der Waals surface area contributed by atoms with Crippen LogP contribution < -0.4 is 0 Å². The molecule has 1 spiro atoms. The minimum absolute atomic E-state index is 0.108. The Morgan fingerprint density at radius 3 is 2.72 bits per heavy atom. The van der Waals surface area contributed by atoms with E-state index in [-0.39, 0.29) is 16.2 Å². The Morgan fingerprint density at radius 2 is 1.88 bits per heavy atom. The zero-order valence-corrected chi connectivity index (χ0v) is 15.4. The highest BCUT2D eigenvalue weighted by atomic mass is 16.1. The van der Waals surface area contributed by atoms with E-state index in [0.717, 1.165) is 44.4 Å². The summed E-state index contributed by atoms with van der Waals surface area (Å²) in [6, 6.07) is 0. The summed E-state index contributed by atoms with van der Waals surface area (Å²) in [5.41, 5.74) is 3.36. The van der Waals surface area contributed by atoms with Gasteiger partial charge in [-0.05, 0) is 79.1 Å². The van der Waals surface area contributed by atoms with Crippen LogP contribution >= 0.6 is 0 Å². The molecule has 0 heterocycles. The third-order valence-corrected chi connectivity index (χ3v) is 9.68. The molecule has 0 bridgehead atoms. The first kappa shape index (κ1) is 14.9. The zero-order chi connectivity index (χ0) is 17.2. The predicted molar refractivity (Wildman–Crippen MR) is 95.7 cm³/mol. The second kappa shape index (κ2) is 4.21.